The zero-order valence-corrected chi connectivity index (χ0v) is 29.8. The van der Waals surface area contributed by atoms with Crippen LogP contribution in [0.3, 0.4) is 0 Å². The average Bonchev–Trinajstić information content (AvgIpc) is 3.91. The van der Waals surface area contributed by atoms with E-state index in [1.165, 1.54) is 82.3 Å². The van der Waals surface area contributed by atoms with E-state index in [0.717, 1.165) is 27.6 Å². The highest BCUT2D eigenvalue weighted by molar-refractivity contribution is 6.17. The van der Waals surface area contributed by atoms with Gasteiger partial charge < -0.3 is 13.6 Å². The third-order valence-corrected chi connectivity index (χ3v) is 11.5. The van der Waals surface area contributed by atoms with Crippen molar-refractivity contribution in [3.63, 3.8) is 0 Å². The average molecular weight is 701 g/mol. The second-order valence-corrected chi connectivity index (χ2v) is 14.5. The molecule has 9 aromatic carbocycles. The molecule has 0 amide bonds. The molecular weight excluding hydrogens is 669 g/mol. The second kappa shape index (κ2) is 11.6. The van der Waals surface area contributed by atoms with Crippen LogP contribution in [-0.2, 0) is 0 Å². The number of hydrogen-bond donors (Lipinski definition) is 0. The lowest BCUT2D eigenvalue weighted by Crippen LogP contribution is -1.96. The molecule has 3 heteroatoms. The first-order chi connectivity index (χ1) is 27.3. The molecule has 0 unspecified atom stereocenters. The molecule has 0 saturated heterocycles. The number of rotatable bonds is 4. The largest absolute Gasteiger partial charge is 0.456 e. The Labute approximate surface area is 316 Å². The lowest BCUT2D eigenvalue weighted by atomic mass is 9.94. The Morgan fingerprint density at radius 3 is 1.76 bits per heavy atom. The van der Waals surface area contributed by atoms with Crippen LogP contribution in [0, 0.1) is 0 Å². The van der Waals surface area contributed by atoms with Crippen LogP contribution in [0.1, 0.15) is 0 Å². The maximum Gasteiger partial charge on any atom is 0.136 e. The van der Waals surface area contributed by atoms with Gasteiger partial charge in [0.15, 0.2) is 0 Å². The highest BCUT2D eigenvalue weighted by Gasteiger charge is 2.19. The molecule has 0 radical (unpaired) electrons. The van der Waals surface area contributed by atoms with Gasteiger partial charge in [0.05, 0.1) is 27.8 Å². The molecule has 0 spiro atoms. The molecule has 0 aliphatic rings. The van der Waals surface area contributed by atoms with Crippen molar-refractivity contribution in [1.82, 2.24) is 9.13 Å². The third kappa shape index (κ3) is 4.38. The van der Waals surface area contributed by atoms with E-state index in [-0.39, 0.29) is 0 Å². The fourth-order valence-corrected chi connectivity index (χ4v) is 9.14. The monoisotopic (exact) mass is 700 g/mol. The predicted octanol–water partition coefficient (Wildman–Crippen LogP) is 14.3. The molecule has 0 bridgehead atoms. The van der Waals surface area contributed by atoms with Crippen molar-refractivity contribution in [2.45, 2.75) is 0 Å². The normalized spacial score (nSPS) is 12.0. The van der Waals surface area contributed by atoms with Crippen LogP contribution in [0.4, 0.5) is 0 Å². The van der Waals surface area contributed by atoms with Gasteiger partial charge in [-0.25, -0.2) is 0 Å². The summed E-state index contributed by atoms with van der Waals surface area (Å²) in [6, 6.07) is 70.3. The molecule has 0 N–H and O–H groups in total. The van der Waals surface area contributed by atoms with Crippen molar-refractivity contribution >= 4 is 76.3 Å². The maximum absolute atomic E-state index is 6.31. The van der Waals surface area contributed by atoms with E-state index in [1.807, 2.05) is 6.07 Å². The summed E-state index contributed by atoms with van der Waals surface area (Å²) in [4.78, 5) is 0. The van der Waals surface area contributed by atoms with Gasteiger partial charge in [-0.15, -0.1) is 0 Å². The summed E-state index contributed by atoms with van der Waals surface area (Å²) >= 11 is 0. The zero-order valence-electron chi connectivity index (χ0n) is 29.8. The standard InChI is InChI=1S/C52H32N2O/c1-2-13-35(14-3-1)53-45-22-7-5-16-40(45)44-31-33(28-30-48(44)53)34-27-29-41-39-15-4-8-23-46(39)54(49(41)32-34)47-24-11-19-36-37(18-10-20-38(36)47)42-21-12-26-51-52(42)43-17-6-9-25-50(43)55-51/h1-32H. The first kappa shape index (κ1) is 30.1. The lowest BCUT2D eigenvalue weighted by molar-refractivity contribution is 0.669. The van der Waals surface area contributed by atoms with Gasteiger partial charge >= 0.3 is 0 Å². The van der Waals surface area contributed by atoms with E-state index in [2.05, 4.69) is 197 Å². The zero-order chi connectivity index (χ0) is 36.0. The number of para-hydroxylation sites is 4. The molecule has 3 nitrogen and oxygen atoms in total. The van der Waals surface area contributed by atoms with E-state index >= 15 is 0 Å². The van der Waals surface area contributed by atoms with Crippen LogP contribution in [0.2, 0.25) is 0 Å². The minimum atomic E-state index is 0.907. The maximum atomic E-state index is 6.31. The quantitative estimate of drug-likeness (QED) is 0.179. The molecule has 0 aliphatic carbocycles. The van der Waals surface area contributed by atoms with Gasteiger partial charge in [0.2, 0.25) is 0 Å². The summed E-state index contributed by atoms with van der Waals surface area (Å²) < 4.78 is 11.2. The topological polar surface area (TPSA) is 23.0 Å². The van der Waals surface area contributed by atoms with Crippen molar-refractivity contribution in [2.75, 3.05) is 0 Å². The van der Waals surface area contributed by atoms with Crippen LogP contribution in [-0.4, -0.2) is 9.13 Å². The van der Waals surface area contributed by atoms with Crippen LogP contribution >= 0.6 is 0 Å². The van der Waals surface area contributed by atoms with E-state index in [1.54, 1.807) is 0 Å². The van der Waals surface area contributed by atoms with Gasteiger partial charge in [0.25, 0.3) is 0 Å². The Morgan fingerprint density at radius 1 is 0.309 bits per heavy atom. The van der Waals surface area contributed by atoms with Crippen LogP contribution in [0.15, 0.2) is 199 Å². The van der Waals surface area contributed by atoms with Gasteiger partial charge in [-0.1, -0.05) is 133 Å². The third-order valence-electron chi connectivity index (χ3n) is 11.5. The molecule has 0 fully saturated rings. The number of fused-ring (bicyclic) bond motifs is 10. The Bertz CT molecular complexity index is 3490. The minimum absolute atomic E-state index is 0.907. The van der Waals surface area contributed by atoms with Crippen molar-refractivity contribution in [3.05, 3.63) is 194 Å². The van der Waals surface area contributed by atoms with Gasteiger partial charge in [0, 0.05) is 43.4 Å². The molecule has 3 aromatic heterocycles. The van der Waals surface area contributed by atoms with Crippen molar-refractivity contribution in [3.8, 4) is 33.6 Å². The SMILES string of the molecule is c1ccc(-n2c3ccccc3c3cc(-c4ccc5c6ccccc6n(-c6cccc7c(-c8cccc9oc%10ccccc%10c89)cccc67)c5c4)ccc32)cc1. The van der Waals surface area contributed by atoms with Crippen LogP contribution < -0.4 is 0 Å². The Balaban J connectivity index is 1.08. The molecule has 12 aromatic rings. The number of furan rings is 1. The van der Waals surface area contributed by atoms with E-state index in [9.17, 15) is 0 Å². The minimum Gasteiger partial charge on any atom is -0.456 e. The number of nitrogens with zero attached hydrogens (tertiary/aromatic N) is 2. The van der Waals surface area contributed by atoms with E-state index in [0.29, 0.717) is 0 Å². The Morgan fingerprint density at radius 2 is 0.891 bits per heavy atom. The van der Waals surface area contributed by atoms with Gasteiger partial charge in [-0.3, -0.25) is 0 Å². The smallest absolute Gasteiger partial charge is 0.136 e. The Hall–Kier alpha value is -7.36. The summed E-state index contributed by atoms with van der Waals surface area (Å²) in [6.07, 6.45) is 0. The predicted molar refractivity (Wildman–Crippen MR) is 231 cm³/mol. The highest BCUT2D eigenvalue weighted by Crippen LogP contribution is 2.43. The summed E-state index contributed by atoms with van der Waals surface area (Å²) in [5.74, 6) is 0. The lowest BCUT2D eigenvalue weighted by Gasteiger charge is -2.15. The number of benzene rings is 9. The molecule has 3 heterocycles. The fraction of sp³-hybridized carbons (Fsp3) is 0. The summed E-state index contributed by atoms with van der Waals surface area (Å²) in [7, 11) is 0. The molecule has 256 valence electrons. The van der Waals surface area contributed by atoms with Crippen molar-refractivity contribution < 1.29 is 4.42 Å². The second-order valence-electron chi connectivity index (χ2n) is 14.5. The molecule has 0 saturated carbocycles. The summed E-state index contributed by atoms with van der Waals surface area (Å²) in [5, 5.41) is 9.69. The first-order valence-corrected chi connectivity index (χ1v) is 18.9. The van der Waals surface area contributed by atoms with Gasteiger partial charge in [-0.2, -0.15) is 0 Å². The van der Waals surface area contributed by atoms with Gasteiger partial charge in [0.1, 0.15) is 11.2 Å². The molecule has 0 aliphatic heterocycles. The number of aromatic nitrogens is 2. The van der Waals surface area contributed by atoms with E-state index in [4.69, 9.17) is 4.42 Å². The molecule has 0 atom stereocenters. The molecule has 55 heavy (non-hydrogen) atoms. The Kier molecular flexibility index (Phi) is 6.34. The highest BCUT2D eigenvalue weighted by atomic mass is 16.3. The van der Waals surface area contributed by atoms with Crippen LogP contribution in [0.25, 0.3) is 110 Å². The first-order valence-electron chi connectivity index (χ1n) is 18.9. The summed E-state index contributed by atoms with van der Waals surface area (Å²) in [6.45, 7) is 0. The summed E-state index contributed by atoms with van der Waals surface area (Å²) in [5.41, 5.74) is 13.7. The van der Waals surface area contributed by atoms with E-state index < -0.39 is 0 Å². The van der Waals surface area contributed by atoms with Gasteiger partial charge in [-0.05, 0) is 88.3 Å². The molecule has 12 rings (SSSR count). The van der Waals surface area contributed by atoms with Crippen LogP contribution in [0.5, 0.6) is 0 Å². The van der Waals surface area contributed by atoms with Crippen molar-refractivity contribution in [1.29, 1.82) is 0 Å². The number of hydrogen-bond acceptors (Lipinski definition) is 1. The fourth-order valence-electron chi connectivity index (χ4n) is 9.14. The van der Waals surface area contributed by atoms with Crippen molar-refractivity contribution in [2.24, 2.45) is 0 Å². The molecular formula is C52H32N2O.